The summed E-state index contributed by atoms with van der Waals surface area (Å²) in [5.74, 6) is -0.0381. The molecule has 1 amide bonds. The van der Waals surface area contributed by atoms with Crippen molar-refractivity contribution in [3.63, 3.8) is 0 Å². The number of anilines is 1. The molecule has 0 spiro atoms. The van der Waals surface area contributed by atoms with Crippen LogP contribution in [0.4, 0.5) is 5.13 Å². The van der Waals surface area contributed by atoms with E-state index in [9.17, 15) is 9.59 Å². The smallest absolute Gasteiger partial charge is 0.308 e. The Kier molecular flexibility index (Phi) is 3.34. The molecule has 0 saturated heterocycles. The lowest BCUT2D eigenvalue weighted by atomic mass is 10.2. The molecule has 1 aliphatic heterocycles. The van der Waals surface area contributed by atoms with Gasteiger partial charge in [-0.15, -0.1) is 11.3 Å². The number of carbonyl (C=O) groups is 2. The highest BCUT2D eigenvalue weighted by atomic mass is 32.1. The van der Waals surface area contributed by atoms with Crippen molar-refractivity contribution in [1.29, 1.82) is 0 Å². The number of thiazole rings is 1. The lowest BCUT2D eigenvalue weighted by Gasteiger charge is -2.15. The number of hydrogen-bond donors (Lipinski definition) is 1. The number of benzene rings is 1. The molecule has 7 heteroatoms. The number of carbonyl (C=O) groups excluding carboxylic acids is 2. The standard InChI is InChI=1S/C14H13N3O3S/c1-8(18)20-10-4-2-9(3-5-10)13(19)17-6-11-12(7-17)21-14(15)16-11/h2-5H,6-7H2,1H3,(H2,15,16). The Labute approximate surface area is 125 Å². The van der Waals surface area contributed by atoms with Gasteiger partial charge in [0.2, 0.25) is 0 Å². The first-order valence-electron chi connectivity index (χ1n) is 6.35. The van der Waals surface area contributed by atoms with Crippen molar-refractivity contribution in [2.24, 2.45) is 0 Å². The molecule has 2 N–H and O–H groups in total. The second-order valence-electron chi connectivity index (χ2n) is 4.70. The maximum Gasteiger partial charge on any atom is 0.308 e. The monoisotopic (exact) mass is 303 g/mol. The molecule has 0 radical (unpaired) electrons. The molecule has 3 rings (SSSR count). The zero-order chi connectivity index (χ0) is 15.0. The molecule has 0 bridgehead atoms. The number of hydrogen-bond acceptors (Lipinski definition) is 6. The molecule has 0 unspecified atom stereocenters. The molecule has 108 valence electrons. The summed E-state index contributed by atoms with van der Waals surface area (Å²) in [6, 6.07) is 6.51. The Morgan fingerprint density at radius 3 is 2.62 bits per heavy atom. The van der Waals surface area contributed by atoms with Crippen LogP contribution in [-0.2, 0) is 17.9 Å². The average molecular weight is 303 g/mol. The summed E-state index contributed by atoms with van der Waals surface area (Å²) in [5.41, 5.74) is 7.07. The number of aromatic nitrogens is 1. The zero-order valence-corrected chi connectivity index (χ0v) is 12.1. The fraction of sp³-hybridized carbons (Fsp3) is 0.214. The number of ether oxygens (including phenoxy) is 1. The SMILES string of the molecule is CC(=O)Oc1ccc(C(=O)N2Cc3nc(N)sc3C2)cc1. The second-order valence-corrected chi connectivity index (χ2v) is 5.82. The topological polar surface area (TPSA) is 85.5 Å². The molecule has 2 heterocycles. The van der Waals surface area contributed by atoms with Gasteiger partial charge in [-0.2, -0.15) is 0 Å². The van der Waals surface area contributed by atoms with E-state index in [2.05, 4.69) is 4.98 Å². The van der Waals surface area contributed by atoms with Crippen molar-refractivity contribution in [3.8, 4) is 5.75 Å². The summed E-state index contributed by atoms with van der Waals surface area (Å²) >= 11 is 1.42. The van der Waals surface area contributed by atoms with Gasteiger partial charge in [0.25, 0.3) is 5.91 Å². The quantitative estimate of drug-likeness (QED) is 0.675. The van der Waals surface area contributed by atoms with Gasteiger partial charge in [0.1, 0.15) is 5.75 Å². The van der Waals surface area contributed by atoms with Gasteiger partial charge >= 0.3 is 5.97 Å². The minimum Gasteiger partial charge on any atom is -0.427 e. The number of nitrogens with two attached hydrogens (primary N) is 1. The van der Waals surface area contributed by atoms with Crippen LogP contribution >= 0.6 is 11.3 Å². The van der Waals surface area contributed by atoms with Crippen molar-refractivity contribution in [2.75, 3.05) is 5.73 Å². The molecule has 2 aromatic rings. The first kappa shape index (κ1) is 13.6. The largest absolute Gasteiger partial charge is 0.427 e. The van der Waals surface area contributed by atoms with E-state index in [0.717, 1.165) is 10.6 Å². The molecule has 1 aromatic heterocycles. The number of nitrogens with zero attached hydrogens (tertiary/aromatic N) is 2. The van der Waals surface area contributed by atoms with E-state index < -0.39 is 0 Å². The third-order valence-corrected chi connectivity index (χ3v) is 4.03. The van der Waals surface area contributed by atoms with Crippen LogP contribution in [0, 0.1) is 0 Å². The Morgan fingerprint density at radius 1 is 1.29 bits per heavy atom. The number of esters is 1. The number of fused-ring (bicyclic) bond motifs is 1. The van der Waals surface area contributed by atoms with Gasteiger partial charge in [0.05, 0.1) is 23.7 Å². The predicted molar refractivity (Wildman–Crippen MR) is 77.9 cm³/mol. The van der Waals surface area contributed by atoms with E-state index in [0.29, 0.717) is 29.5 Å². The lowest BCUT2D eigenvalue weighted by Crippen LogP contribution is -2.25. The van der Waals surface area contributed by atoms with Crippen molar-refractivity contribution < 1.29 is 14.3 Å². The van der Waals surface area contributed by atoms with Gasteiger partial charge < -0.3 is 15.4 Å². The van der Waals surface area contributed by atoms with Crippen molar-refractivity contribution in [1.82, 2.24) is 9.88 Å². The van der Waals surface area contributed by atoms with Crippen LogP contribution in [0.1, 0.15) is 27.9 Å². The predicted octanol–water partition coefficient (Wildman–Crippen LogP) is 1.81. The third-order valence-electron chi connectivity index (χ3n) is 3.12. The van der Waals surface area contributed by atoms with Crippen LogP contribution in [0.25, 0.3) is 0 Å². The maximum atomic E-state index is 12.4. The van der Waals surface area contributed by atoms with E-state index in [-0.39, 0.29) is 11.9 Å². The molecule has 6 nitrogen and oxygen atoms in total. The van der Waals surface area contributed by atoms with E-state index >= 15 is 0 Å². The summed E-state index contributed by atoms with van der Waals surface area (Å²) in [4.78, 5) is 30.2. The van der Waals surface area contributed by atoms with Gasteiger partial charge in [-0.1, -0.05) is 0 Å². The Bertz CT molecular complexity index is 685. The van der Waals surface area contributed by atoms with Crippen molar-refractivity contribution in [3.05, 3.63) is 40.4 Å². The van der Waals surface area contributed by atoms with Crippen LogP contribution in [0.3, 0.4) is 0 Å². The molecular formula is C14H13N3O3S. The highest BCUT2D eigenvalue weighted by Gasteiger charge is 2.27. The van der Waals surface area contributed by atoms with Gasteiger partial charge in [0.15, 0.2) is 5.13 Å². The fourth-order valence-electron chi connectivity index (χ4n) is 2.22. The summed E-state index contributed by atoms with van der Waals surface area (Å²) in [7, 11) is 0. The van der Waals surface area contributed by atoms with Crippen LogP contribution in [0.2, 0.25) is 0 Å². The molecule has 0 fully saturated rings. The highest BCUT2D eigenvalue weighted by molar-refractivity contribution is 7.15. The average Bonchev–Trinajstić information content (AvgIpc) is 2.95. The van der Waals surface area contributed by atoms with E-state index in [4.69, 9.17) is 10.5 Å². The highest BCUT2D eigenvalue weighted by Crippen LogP contribution is 2.30. The summed E-state index contributed by atoms with van der Waals surface area (Å²) < 4.78 is 4.94. The van der Waals surface area contributed by atoms with Gasteiger partial charge in [-0.05, 0) is 24.3 Å². The molecular weight excluding hydrogens is 290 g/mol. The Hall–Kier alpha value is -2.41. The van der Waals surface area contributed by atoms with Crippen molar-refractivity contribution >= 4 is 28.3 Å². The summed E-state index contributed by atoms with van der Waals surface area (Å²) in [5, 5.41) is 0.540. The van der Waals surface area contributed by atoms with Gasteiger partial charge in [-0.3, -0.25) is 9.59 Å². The summed E-state index contributed by atoms with van der Waals surface area (Å²) in [6.45, 7) is 2.35. The number of amides is 1. The van der Waals surface area contributed by atoms with Gasteiger partial charge in [0, 0.05) is 12.5 Å². The molecule has 0 atom stereocenters. The molecule has 21 heavy (non-hydrogen) atoms. The summed E-state index contributed by atoms with van der Waals surface area (Å²) in [6.07, 6.45) is 0. The van der Waals surface area contributed by atoms with Crippen LogP contribution in [0.15, 0.2) is 24.3 Å². The minimum absolute atomic E-state index is 0.0758. The van der Waals surface area contributed by atoms with E-state index in [1.807, 2.05) is 0 Å². The third kappa shape index (κ3) is 2.73. The molecule has 1 aliphatic rings. The van der Waals surface area contributed by atoms with E-state index in [1.54, 1.807) is 29.2 Å². The first-order valence-corrected chi connectivity index (χ1v) is 7.16. The van der Waals surface area contributed by atoms with Crippen LogP contribution in [0.5, 0.6) is 5.75 Å². The minimum atomic E-state index is -0.387. The normalized spacial score (nSPS) is 13.1. The number of rotatable bonds is 2. The lowest BCUT2D eigenvalue weighted by molar-refractivity contribution is -0.131. The zero-order valence-electron chi connectivity index (χ0n) is 11.3. The first-order chi connectivity index (χ1) is 10.0. The van der Waals surface area contributed by atoms with E-state index in [1.165, 1.54) is 18.3 Å². The molecule has 0 aliphatic carbocycles. The van der Waals surface area contributed by atoms with Crippen molar-refractivity contribution in [2.45, 2.75) is 20.0 Å². The Morgan fingerprint density at radius 2 is 2.00 bits per heavy atom. The Balaban J connectivity index is 1.71. The maximum absolute atomic E-state index is 12.4. The number of nitrogen functional groups attached to an aromatic ring is 1. The van der Waals surface area contributed by atoms with Crippen LogP contribution in [-0.4, -0.2) is 21.8 Å². The second kappa shape index (κ2) is 5.17. The molecule has 1 aromatic carbocycles. The molecule has 0 saturated carbocycles. The van der Waals surface area contributed by atoms with Gasteiger partial charge in [-0.25, -0.2) is 4.98 Å². The fourth-order valence-corrected chi connectivity index (χ4v) is 3.07. The van der Waals surface area contributed by atoms with Crippen LogP contribution < -0.4 is 10.5 Å².